The number of carbonyl (C=O) groups is 1. The summed E-state index contributed by atoms with van der Waals surface area (Å²) in [5.74, 6) is 0.239. The minimum atomic E-state index is 0.239. The van der Waals surface area contributed by atoms with Gasteiger partial charge in [0.25, 0.3) is 0 Å². The molecule has 2 aromatic carbocycles. The molecule has 0 saturated carbocycles. The first kappa shape index (κ1) is 13.3. The summed E-state index contributed by atoms with van der Waals surface area (Å²) in [7, 11) is 0. The van der Waals surface area contributed by atoms with Crippen LogP contribution >= 0.6 is 11.8 Å². The Morgan fingerprint density at radius 3 is 2.60 bits per heavy atom. The number of fused-ring (bicyclic) bond motifs is 1. The van der Waals surface area contributed by atoms with Gasteiger partial charge in [0.1, 0.15) is 0 Å². The molecule has 0 aliphatic heterocycles. The number of rotatable bonds is 3. The summed E-state index contributed by atoms with van der Waals surface area (Å²) in [4.78, 5) is 13.9. The molecule has 3 heteroatoms. The van der Waals surface area contributed by atoms with Crippen molar-refractivity contribution < 1.29 is 4.79 Å². The molecule has 0 unspecified atom stereocenters. The standard InChI is InChI=1S/C17H17NOS/c1-2-11-3-6-13(7-4-11)20-17-10-14-12(9-15(17)18)5-8-16(14)19/h3-4,6-7,9-10H,2,5,8,18H2,1H3. The van der Waals surface area contributed by atoms with Crippen LogP contribution in [0.25, 0.3) is 0 Å². The third-order valence-electron chi connectivity index (χ3n) is 3.72. The smallest absolute Gasteiger partial charge is 0.163 e. The summed E-state index contributed by atoms with van der Waals surface area (Å²) < 4.78 is 0. The number of anilines is 1. The lowest BCUT2D eigenvalue weighted by atomic mass is 10.1. The molecule has 1 aliphatic carbocycles. The van der Waals surface area contributed by atoms with Gasteiger partial charge in [-0.05, 0) is 48.2 Å². The van der Waals surface area contributed by atoms with Gasteiger partial charge in [0, 0.05) is 27.5 Å². The lowest BCUT2D eigenvalue weighted by molar-refractivity contribution is 0.0994. The molecule has 0 aromatic heterocycles. The Balaban J connectivity index is 1.90. The molecular weight excluding hydrogens is 266 g/mol. The first-order valence-electron chi connectivity index (χ1n) is 6.89. The average molecular weight is 283 g/mol. The summed E-state index contributed by atoms with van der Waals surface area (Å²) in [5.41, 5.74) is 10.2. The third-order valence-corrected chi connectivity index (χ3v) is 4.80. The van der Waals surface area contributed by atoms with E-state index >= 15 is 0 Å². The van der Waals surface area contributed by atoms with E-state index in [1.807, 2.05) is 12.1 Å². The van der Waals surface area contributed by atoms with Gasteiger partial charge < -0.3 is 5.73 Å². The highest BCUT2D eigenvalue weighted by Crippen LogP contribution is 2.36. The van der Waals surface area contributed by atoms with Crippen molar-refractivity contribution in [3.8, 4) is 0 Å². The van der Waals surface area contributed by atoms with Crippen molar-refractivity contribution in [1.82, 2.24) is 0 Å². The van der Waals surface area contributed by atoms with Gasteiger partial charge in [-0.1, -0.05) is 30.8 Å². The summed E-state index contributed by atoms with van der Waals surface area (Å²) in [6.45, 7) is 2.15. The van der Waals surface area contributed by atoms with Crippen LogP contribution in [-0.2, 0) is 12.8 Å². The fourth-order valence-electron chi connectivity index (χ4n) is 2.50. The minimum Gasteiger partial charge on any atom is -0.398 e. The normalized spacial score (nSPS) is 13.6. The molecule has 1 aliphatic rings. The maximum Gasteiger partial charge on any atom is 0.163 e. The van der Waals surface area contributed by atoms with Crippen LogP contribution in [0.5, 0.6) is 0 Å². The van der Waals surface area contributed by atoms with Crippen molar-refractivity contribution in [2.45, 2.75) is 36.0 Å². The number of aryl methyl sites for hydroxylation is 2. The maximum atomic E-state index is 11.8. The zero-order valence-corrected chi connectivity index (χ0v) is 12.3. The monoisotopic (exact) mass is 283 g/mol. The Morgan fingerprint density at radius 2 is 1.90 bits per heavy atom. The van der Waals surface area contributed by atoms with E-state index in [2.05, 4.69) is 31.2 Å². The van der Waals surface area contributed by atoms with Gasteiger partial charge in [-0.15, -0.1) is 0 Å². The van der Waals surface area contributed by atoms with E-state index in [0.717, 1.165) is 39.4 Å². The Bertz CT molecular complexity index is 661. The average Bonchev–Trinajstić information content (AvgIpc) is 2.81. The summed E-state index contributed by atoms with van der Waals surface area (Å²) in [6, 6.07) is 12.4. The Labute approximate surface area is 123 Å². The molecular formula is C17H17NOS. The molecule has 20 heavy (non-hydrogen) atoms. The van der Waals surface area contributed by atoms with Gasteiger partial charge in [-0.25, -0.2) is 0 Å². The van der Waals surface area contributed by atoms with Crippen molar-refractivity contribution in [1.29, 1.82) is 0 Å². The summed E-state index contributed by atoms with van der Waals surface area (Å²) >= 11 is 1.62. The second-order valence-corrected chi connectivity index (χ2v) is 6.19. The third kappa shape index (κ3) is 2.46. The van der Waals surface area contributed by atoms with Crippen molar-refractivity contribution in [3.63, 3.8) is 0 Å². The van der Waals surface area contributed by atoms with E-state index in [1.54, 1.807) is 11.8 Å². The van der Waals surface area contributed by atoms with Crippen LogP contribution in [0.15, 0.2) is 46.2 Å². The first-order chi connectivity index (χ1) is 9.67. The molecule has 0 saturated heterocycles. The zero-order chi connectivity index (χ0) is 14.1. The summed E-state index contributed by atoms with van der Waals surface area (Å²) in [6.07, 6.45) is 2.49. The van der Waals surface area contributed by atoms with Crippen LogP contribution in [0.4, 0.5) is 5.69 Å². The number of Topliss-reactive ketones (excluding diaryl/α,β-unsaturated/α-hetero) is 1. The maximum absolute atomic E-state index is 11.8. The predicted octanol–water partition coefficient (Wildman–Crippen LogP) is 4.11. The van der Waals surface area contributed by atoms with Crippen LogP contribution < -0.4 is 5.73 Å². The van der Waals surface area contributed by atoms with Crippen molar-refractivity contribution in [3.05, 3.63) is 53.1 Å². The van der Waals surface area contributed by atoms with Gasteiger partial charge in [0.15, 0.2) is 5.78 Å². The van der Waals surface area contributed by atoms with Crippen molar-refractivity contribution in [2.24, 2.45) is 0 Å². The molecule has 3 rings (SSSR count). The molecule has 102 valence electrons. The molecule has 0 heterocycles. The second kappa shape index (κ2) is 5.33. The number of nitrogens with two attached hydrogens (primary N) is 1. The van der Waals surface area contributed by atoms with E-state index in [4.69, 9.17) is 5.73 Å². The zero-order valence-electron chi connectivity index (χ0n) is 11.5. The van der Waals surface area contributed by atoms with Crippen LogP contribution in [0.1, 0.15) is 34.8 Å². The first-order valence-corrected chi connectivity index (χ1v) is 7.71. The quantitative estimate of drug-likeness (QED) is 0.862. The van der Waals surface area contributed by atoms with Gasteiger partial charge in [-0.3, -0.25) is 4.79 Å². The Hall–Kier alpha value is -1.74. The number of ketones is 1. The number of benzene rings is 2. The molecule has 0 amide bonds. The molecule has 0 radical (unpaired) electrons. The van der Waals surface area contributed by atoms with E-state index in [9.17, 15) is 4.79 Å². The van der Waals surface area contributed by atoms with Crippen LogP contribution in [-0.4, -0.2) is 5.78 Å². The van der Waals surface area contributed by atoms with E-state index in [-0.39, 0.29) is 5.78 Å². The highest BCUT2D eigenvalue weighted by Gasteiger charge is 2.21. The molecule has 0 bridgehead atoms. The highest BCUT2D eigenvalue weighted by atomic mass is 32.2. The topological polar surface area (TPSA) is 43.1 Å². The largest absolute Gasteiger partial charge is 0.398 e. The number of nitrogen functional groups attached to an aromatic ring is 1. The number of carbonyl (C=O) groups excluding carboxylic acids is 1. The SMILES string of the molecule is CCc1ccc(Sc2cc3c(cc2N)CCC3=O)cc1. The predicted molar refractivity (Wildman–Crippen MR) is 83.4 cm³/mol. The van der Waals surface area contributed by atoms with E-state index < -0.39 is 0 Å². The molecule has 0 fully saturated rings. The van der Waals surface area contributed by atoms with Crippen molar-refractivity contribution in [2.75, 3.05) is 5.73 Å². The summed E-state index contributed by atoms with van der Waals surface area (Å²) in [5, 5.41) is 0. The van der Waals surface area contributed by atoms with Crippen molar-refractivity contribution >= 4 is 23.2 Å². The van der Waals surface area contributed by atoms with Gasteiger partial charge in [0.2, 0.25) is 0 Å². The Kier molecular flexibility index (Phi) is 3.53. The minimum absolute atomic E-state index is 0.239. The molecule has 0 atom stereocenters. The fraction of sp³-hybridized carbons (Fsp3) is 0.235. The van der Waals surface area contributed by atoms with Crippen LogP contribution in [0.2, 0.25) is 0 Å². The lowest BCUT2D eigenvalue weighted by Crippen LogP contribution is -1.96. The van der Waals surface area contributed by atoms with Gasteiger partial charge in [-0.2, -0.15) is 0 Å². The molecule has 2 N–H and O–H groups in total. The van der Waals surface area contributed by atoms with E-state index in [0.29, 0.717) is 6.42 Å². The fourth-order valence-corrected chi connectivity index (χ4v) is 3.38. The second-order valence-electron chi connectivity index (χ2n) is 5.07. The Morgan fingerprint density at radius 1 is 1.15 bits per heavy atom. The van der Waals surface area contributed by atoms with Gasteiger partial charge >= 0.3 is 0 Å². The molecule has 2 aromatic rings. The number of hydrogen-bond donors (Lipinski definition) is 1. The van der Waals surface area contributed by atoms with E-state index in [1.165, 1.54) is 5.56 Å². The lowest BCUT2D eigenvalue weighted by Gasteiger charge is -2.09. The molecule has 0 spiro atoms. The number of hydrogen-bond acceptors (Lipinski definition) is 3. The highest BCUT2D eigenvalue weighted by molar-refractivity contribution is 7.99. The molecule has 2 nitrogen and oxygen atoms in total. The van der Waals surface area contributed by atoms with Crippen LogP contribution in [0.3, 0.4) is 0 Å². The van der Waals surface area contributed by atoms with Gasteiger partial charge in [0.05, 0.1) is 0 Å². The van der Waals surface area contributed by atoms with Crippen LogP contribution in [0, 0.1) is 0 Å².